The van der Waals surface area contributed by atoms with E-state index < -0.39 is 0 Å². The van der Waals surface area contributed by atoms with Gasteiger partial charge in [0.2, 0.25) is 5.91 Å². The van der Waals surface area contributed by atoms with Crippen LogP contribution in [0.1, 0.15) is 29.8 Å². The average Bonchev–Trinajstić information content (AvgIpc) is 2.49. The fourth-order valence-corrected chi connectivity index (χ4v) is 1.98. The molecule has 0 radical (unpaired) electrons. The minimum Gasteiger partial charge on any atom is -0.506 e. The number of phenolic OH excluding ortho intramolecular Hbond substituents is 1. The molecule has 0 unspecified atom stereocenters. The maximum atomic E-state index is 12.2. The summed E-state index contributed by atoms with van der Waals surface area (Å²) in [5.74, 6) is -0.700. The summed E-state index contributed by atoms with van der Waals surface area (Å²) in [7, 11) is 0. The largest absolute Gasteiger partial charge is 0.506 e. The van der Waals surface area contributed by atoms with E-state index in [0.717, 1.165) is 5.56 Å². The van der Waals surface area contributed by atoms with E-state index in [1.54, 1.807) is 44.2 Å². The molecule has 23 heavy (non-hydrogen) atoms. The first-order valence-electron chi connectivity index (χ1n) is 7.38. The maximum Gasteiger partial charge on any atom is 0.255 e. The summed E-state index contributed by atoms with van der Waals surface area (Å²) in [6.45, 7) is 5.47. The third-order valence-corrected chi connectivity index (χ3v) is 3.32. The molecule has 2 rings (SSSR count). The first-order chi connectivity index (χ1) is 10.9. The highest BCUT2D eigenvalue weighted by atomic mass is 16.3. The third kappa shape index (κ3) is 4.32. The Hall–Kier alpha value is -2.82. The SMILES string of the molecule is Cc1cccc(C(=O)Nc2ccc(NC(=O)C(C)C)cc2O)c1. The predicted molar refractivity (Wildman–Crippen MR) is 90.7 cm³/mol. The normalized spacial score (nSPS) is 10.4. The summed E-state index contributed by atoms with van der Waals surface area (Å²) in [6.07, 6.45) is 0. The van der Waals surface area contributed by atoms with Crippen LogP contribution in [0.25, 0.3) is 0 Å². The number of aromatic hydroxyl groups is 1. The van der Waals surface area contributed by atoms with Crippen molar-refractivity contribution in [2.75, 3.05) is 10.6 Å². The maximum absolute atomic E-state index is 12.2. The highest BCUT2D eigenvalue weighted by Crippen LogP contribution is 2.27. The van der Waals surface area contributed by atoms with E-state index in [1.165, 1.54) is 6.07 Å². The van der Waals surface area contributed by atoms with Gasteiger partial charge in [0.1, 0.15) is 5.75 Å². The van der Waals surface area contributed by atoms with Gasteiger partial charge >= 0.3 is 0 Å². The Labute approximate surface area is 135 Å². The minimum absolute atomic E-state index is 0.104. The monoisotopic (exact) mass is 312 g/mol. The van der Waals surface area contributed by atoms with Gasteiger partial charge in [-0.1, -0.05) is 31.5 Å². The van der Waals surface area contributed by atoms with Gasteiger partial charge < -0.3 is 15.7 Å². The van der Waals surface area contributed by atoms with E-state index in [1.807, 2.05) is 13.0 Å². The van der Waals surface area contributed by atoms with Gasteiger partial charge in [-0.3, -0.25) is 9.59 Å². The van der Waals surface area contributed by atoms with Gasteiger partial charge in [-0.25, -0.2) is 0 Å². The quantitative estimate of drug-likeness (QED) is 0.755. The molecule has 2 aromatic carbocycles. The number of phenols is 1. The van der Waals surface area contributed by atoms with Gasteiger partial charge in [0.05, 0.1) is 5.69 Å². The first kappa shape index (κ1) is 16.5. The molecule has 0 atom stereocenters. The van der Waals surface area contributed by atoms with E-state index in [9.17, 15) is 14.7 Å². The van der Waals surface area contributed by atoms with E-state index >= 15 is 0 Å². The van der Waals surface area contributed by atoms with Crippen LogP contribution in [0.15, 0.2) is 42.5 Å². The molecule has 3 N–H and O–H groups in total. The third-order valence-electron chi connectivity index (χ3n) is 3.32. The van der Waals surface area contributed by atoms with Crippen molar-refractivity contribution >= 4 is 23.2 Å². The number of amides is 2. The van der Waals surface area contributed by atoms with Crippen LogP contribution in [0.2, 0.25) is 0 Å². The van der Waals surface area contributed by atoms with E-state index in [-0.39, 0.29) is 23.5 Å². The lowest BCUT2D eigenvalue weighted by molar-refractivity contribution is -0.118. The number of benzene rings is 2. The summed E-state index contributed by atoms with van der Waals surface area (Å²) >= 11 is 0. The molecule has 0 bridgehead atoms. The second kappa shape index (κ2) is 6.96. The molecule has 0 spiro atoms. The van der Waals surface area contributed by atoms with Crippen molar-refractivity contribution < 1.29 is 14.7 Å². The van der Waals surface area contributed by atoms with Crippen molar-refractivity contribution in [3.05, 3.63) is 53.6 Å². The number of hydrogen-bond donors (Lipinski definition) is 3. The highest BCUT2D eigenvalue weighted by molar-refractivity contribution is 6.05. The summed E-state index contributed by atoms with van der Waals surface area (Å²) in [6, 6.07) is 11.8. The molecular weight excluding hydrogens is 292 g/mol. The summed E-state index contributed by atoms with van der Waals surface area (Å²) < 4.78 is 0. The summed E-state index contributed by atoms with van der Waals surface area (Å²) in [5.41, 5.74) is 2.27. The Bertz CT molecular complexity index is 739. The van der Waals surface area contributed by atoms with Gasteiger partial charge in [-0.15, -0.1) is 0 Å². The molecule has 2 aromatic rings. The molecule has 0 aliphatic heterocycles. The first-order valence-corrected chi connectivity index (χ1v) is 7.38. The van der Waals surface area contributed by atoms with Crippen molar-refractivity contribution in [2.45, 2.75) is 20.8 Å². The molecule has 0 aromatic heterocycles. The number of aryl methyl sites for hydroxylation is 1. The second-order valence-electron chi connectivity index (χ2n) is 5.70. The van der Waals surface area contributed by atoms with Crippen LogP contribution in [0, 0.1) is 12.8 Å². The van der Waals surface area contributed by atoms with Crippen LogP contribution in [0.3, 0.4) is 0 Å². The Morgan fingerprint density at radius 2 is 1.78 bits per heavy atom. The number of carbonyl (C=O) groups excluding carboxylic acids is 2. The van der Waals surface area contributed by atoms with Crippen LogP contribution < -0.4 is 10.6 Å². The van der Waals surface area contributed by atoms with Crippen molar-refractivity contribution in [1.29, 1.82) is 0 Å². The highest BCUT2D eigenvalue weighted by Gasteiger charge is 2.11. The number of carbonyl (C=O) groups is 2. The number of hydrogen-bond acceptors (Lipinski definition) is 3. The summed E-state index contributed by atoms with van der Waals surface area (Å²) in [5, 5.41) is 15.4. The molecule has 0 aliphatic carbocycles. The van der Waals surface area contributed by atoms with Crippen molar-refractivity contribution in [3.8, 4) is 5.75 Å². The molecule has 0 fully saturated rings. The zero-order valence-corrected chi connectivity index (χ0v) is 13.4. The van der Waals surface area contributed by atoms with Crippen LogP contribution >= 0.6 is 0 Å². The number of anilines is 2. The van der Waals surface area contributed by atoms with Crippen LogP contribution in [0.4, 0.5) is 11.4 Å². The van der Waals surface area contributed by atoms with Crippen molar-refractivity contribution in [1.82, 2.24) is 0 Å². The lowest BCUT2D eigenvalue weighted by atomic mass is 10.1. The number of rotatable bonds is 4. The van der Waals surface area contributed by atoms with Gasteiger partial charge in [-0.2, -0.15) is 0 Å². The predicted octanol–water partition coefficient (Wildman–Crippen LogP) is 3.55. The smallest absolute Gasteiger partial charge is 0.255 e. The standard InChI is InChI=1S/C18H20N2O3/c1-11(2)17(22)19-14-7-8-15(16(21)10-14)20-18(23)13-6-4-5-12(3)9-13/h4-11,21H,1-3H3,(H,19,22)(H,20,23). The topological polar surface area (TPSA) is 78.4 Å². The molecular formula is C18H20N2O3. The van der Waals surface area contributed by atoms with Gasteiger partial charge in [-0.05, 0) is 31.2 Å². The Morgan fingerprint density at radius 1 is 1.04 bits per heavy atom. The van der Waals surface area contributed by atoms with Crippen LogP contribution in [-0.4, -0.2) is 16.9 Å². The van der Waals surface area contributed by atoms with E-state index in [4.69, 9.17) is 0 Å². The molecule has 2 amide bonds. The average molecular weight is 312 g/mol. The Morgan fingerprint density at radius 3 is 2.39 bits per heavy atom. The molecule has 5 heteroatoms. The molecule has 0 aliphatic rings. The Balaban J connectivity index is 2.12. The van der Waals surface area contributed by atoms with Crippen LogP contribution in [0.5, 0.6) is 5.75 Å². The van der Waals surface area contributed by atoms with Crippen molar-refractivity contribution in [3.63, 3.8) is 0 Å². The van der Waals surface area contributed by atoms with Gasteiger partial charge in [0, 0.05) is 23.2 Å². The zero-order chi connectivity index (χ0) is 17.0. The van der Waals surface area contributed by atoms with Gasteiger partial charge in [0.15, 0.2) is 0 Å². The molecule has 0 saturated heterocycles. The zero-order valence-electron chi connectivity index (χ0n) is 13.4. The molecule has 5 nitrogen and oxygen atoms in total. The lowest BCUT2D eigenvalue weighted by Crippen LogP contribution is -2.17. The number of nitrogens with one attached hydrogen (secondary N) is 2. The Kier molecular flexibility index (Phi) is 5.01. The fourth-order valence-electron chi connectivity index (χ4n) is 1.98. The van der Waals surface area contributed by atoms with Gasteiger partial charge in [0.25, 0.3) is 5.91 Å². The van der Waals surface area contributed by atoms with E-state index in [2.05, 4.69) is 10.6 Å². The van der Waals surface area contributed by atoms with E-state index in [0.29, 0.717) is 16.9 Å². The van der Waals surface area contributed by atoms with Crippen LogP contribution in [-0.2, 0) is 4.79 Å². The molecule has 0 heterocycles. The lowest BCUT2D eigenvalue weighted by Gasteiger charge is -2.11. The second-order valence-corrected chi connectivity index (χ2v) is 5.70. The summed E-state index contributed by atoms with van der Waals surface area (Å²) in [4.78, 5) is 23.8. The molecule has 120 valence electrons. The fraction of sp³-hybridized carbons (Fsp3) is 0.222. The minimum atomic E-state index is -0.303. The van der Waals surface area contributed by atoms with Crippen molar-refractivity contribution in [2.24, 2.45) is 5.92 Å². The molecule has 0 saturated carbocycles.